The topological polar surface area (TPSA) is 127 Å². The van der Waals surface area contributed by atoms with Crippen molar-refractivity contribution in [1.29, 1.82) is 0 Å². The Hall–Kier alpha value is -3.73. The summed E-state index contributed by atoms with van der Waals surface area (Å²) in [5.41, 5.74) is 1.05. The fraction of sp³-hybridized carbons (Fsp3) is 0.160. The van der Waals surface area contributed by atoms with E-state index in [0.29, 0.717) is 16.3 Å². The maximum absolute atomic E-state index is 13.6. The molecular weight excluding hydrogens is 506 g/mol. The van der Waals surface area contributed by atoms with Crippen molar-refractivity contribution in [2.75, 3.05) is 12.0 Å². The van der Waals surface area contributed by atoms with Crippen LogP contribution < -0.4 is 14.8 Å². The van der Waals surface area contributed by atoms with Crippen LogP contribution in [0.25, 0.3) is 0 Å². The molecule has 0 bridgehead atoms. The summed E-state index contributed by atoms with van der Waals surface area (Å²) in [6, 6.07) is 17.3. The third-order valence-electron chi connectivity index (χ3n) is 5.80. The number of ether oxygens (including phenoxy) is 1. The molecule has 3 aromatic rings. The molecule has 186 valence electrons. The number of hydrogen-bond acceptors (Lipinski definition) is 6. The lowest BCUT2D eigenvalue weighted by Crippen LogP contribution is -2.45. The van der Waals surface area contributed by atoms with Gasteiger partial charge in [-0.1, -0.05) is 35.9 Å². The van der Waals surface area contributed by atoms with Gasteiger partial charge in [-0.05, 0) is 54.1 Å². The molecule has 36 heavy (non-hydrogen) atoms. The molecule has 11 heteroatoms. The van der Waals surface area contributed by atoms with Gasteiger partial charge in [0.05, 0.1) is 24.1 Å². The molecule has 1 unspecified atom stereocenters. The summed E-state index contributed by atoms with van der Waals surface area (Å²) in [5, 5.41) is 5.54. The Morgan fingerprint density at radius 2 is 1.78 bits per heavy atom. The molecule has 1 saturated heterocycles. The highest BCUT2D eigenvalue weighted by molar-refractivity contribution is 7.89. The van der Waals surface area contributed by atoms with Crippen molar-refractivity contribution in [2.45, 2.75) is 23.9 Å². The summed E-state index contributed by atoms with van der Waals surface area (Å²) in [4.78, 5) is 42.2. The van der Waals surface area contributed by atoms with Crippen molar-refractivity contribution in [3.63, 3.8) is 0 Å². The van der Waals surface area contributed by atoms with Gasteiger partial charge in [-0.3, -0.25) is 14.4 Å². The lowest BCUT2D eigenvalue weighted by atomic mass is 10.1. The number of nitrogens with zero attached hydrogens (tertiary/aromatic N) is 2. The highest BCUT2D eigenvalue weighted by atomic mass is 35.5. The van der Waals surface area contributed by atoms with Crippen LogP contribution in [0.1, 0.15) is 22.3 Å². The minimum atomic E-state index is -3.94. The molecule has 0 spiro atoms. The first-order valence-corrected chi connectivity index (χ1v) is 12.7. The number of anilines is 1. The Kier molecular flexibility index (Phi) is 7.11. The molecule has 1 atom stereocenters. The summed E-state index contributed by atoms with van der Waals surface area (Å²) >= 11 is 6.34. The number of imide groups is 1. The lowest BCUT2D eigenvalue weighted by molar-refractivity contribution is -0.122. The molecule has 3 amide bonds. The van der Waals surface area contributed by atoms with Crippen LogP contribution in [0.4, 0.5) is 5.69 Å². The van der Waals surface area contributed by atoms with Gasteiger partial charge in [0.25, 0.3) is 11.8 Å². The minimum absolute atomic E-state index is 0.0163. The number of primary sulfonamides is 1. The quantitative estimate of drug-likeness (QED) is 0.471. The standard InChI is InChI=1S/C25H22ClN3O6S/c1-35-19-7-4-6-16(13-19)24(31)28(15-17-5-2-3-8-21(17)26)22-14-23(30)29(25(22)32)18-9-11-20(12-10-18)36(27,33)34/h2-13,22H,14-15H2,1H3,(H2,27,33,34). The highest BCUT2D eigenvalue weighted by Gasteiger charge is 2.44. The number of hydrogen-bond donors (Lipinski definition) is 1. The zero-order valence-corrected chi connectivity index (χ0v) is 20.7. The van der Waals surface area contributed by atoms with Crippen molar-refractivity contribution >= 4 is 45.0 Å². The monoisotopic (exact) mass is 527 g/mol. The van der Waals surface area contributed by atoms with E-state index >= 15 is 0 Å². The number of nitrogens with two attached hydrogens (primary N) is 1. The smallest absolute Gasteiger partial charge is 0.257 e. The molecule has 1 heterocycles. The molecule has 1 aliphatic heterocycles. The fourth-order valence-electron chi connectivity index (χ4n) is 3.97. The summed E-state index contributed by atoms with van der Waals surface area (Å²) in [6.45, 7) is -0.0163. The van der Waals surface area contributed by atoms with Gasteiger partial charge in [-0.2, -0.15) is 0 Å². The van der Waals surface area contributed by atoms with Crippen LogP contribution in [0.15, 0.2) is 77.7 Å². The zero-order valence-electron chi connectivity index (χ0n) is 19.1. The predicted octanol–water partition coefficient (Wildman–Crippen LogP) is 2.97. The summed E-state index contributed by atoms with van der Waals surface area (Å²) in [7, 11) is -2.47. The number of methoxy groups -OCH3 is 1. The van der Waals surface area contributed by atoms with E-state index in [1.54, 1.807) is 48.5 Å². The van der Waals surface area contributed by atoms with Gasteiger partial charge in [0.2, 0.25) is 15.9 Å². The Morgan fingerprint density at radius 3 is 2.42 bits per heavy atom. The van der Waals surface area contributed by atoms with Gasteiger partial charge in [0.15, 0.2) is 0 Å². The predicted molar refractivity (Wildman–Crippen MR) is 133 cm³/mol. The first kappa shape index (κ1) is 25.4. The lowest BCUT2D eigenvalue weighted by Gasteiger charge is -2.28. The molecule has 0 aliphatic carbocycles. The second-order valence-corrected chi connectivity index (χ2v) is 10.1. The van der Waals surface area contributed by atoms with E-state index in [-0.39, 0.29) is 29.1 Å². The Morgan fingerprint density at radius 1 is 1.08 bits per heavy atom. The minimum Gasteiger partial charge on any atom is -0.497 e. The maximum atomic E-state index is 13.6. The molecule has 0 aromatic heterocycles. The van der Waals surface area contributed by atoms with Crippen molar-refractivity contribution < 1.29 is 27.5 Å². The average Bonchev–Trinajstić information content (AvgIpc) is 3.16. The van der Waals surface area contributed by atoms with E-state index in [0.717, 1.165) is 4.90 Å². The van der Waals surface area contributed by atoms with Gasteiger partial charge < -0.3 is 9.64 Å². The summed E-state index contributed by atoms with van der Waals surface area (Å²) in [5.74, 6) is -1.17. The zero-order chi connectivity index (χ0) is 26.0. The van der Waals surface area contributed by atoms with Crippen LogP contribution >= 0.6 is 11.6 Å². The number of carbonyl (C=O) groups excluding carboxylic acids is 3. The van der Waals surface area contributed by atoms with E-state index in [2.05, 4.69) is 0 Å². The number of benzene rings is 3. The fourth-order valence-corrected chi connectivity index (χ4v) is 4.68. The van der Waals surface area contributed by atoms with Crippen LogP contribution in [0.5, 0.6) is 5.75 Å². The number of amides is 3. The molecule has 0 saturated carbocycles. The highest BCUT2D eigenvalue weighted by Crippen LogP contribution is 2.30. The first-order chi connectivity index (χ1) is 17.1. The number of sulfonamides is 1. The number of carbonyl (C=O) groups is 3. The van der Waals surface area contributed by atoms with Crippen LogP contribution in [0, 0.1) is 0 Å². The van der Waals surface area contributed by atoms with E-state index in [9.17, 15) is 22.8 Å². The van der Waals surface area contributed by atoms with E-state index in [1.807, 2.05) is 0 Å². The van der Waals surface area contributed by atoms with Gasteiger partial charge in [0.1, 0.15) is 11.8 Å². The van der Waals surface area contributed by atoms with Crippen molar-refractivity contribution in [2.24, 2.45) is 5.14 Å². The summed E-state index contributed by atoms with van der Waals surface area (Å²) < 4.78 is 28.3. The Balaban J connectivity index is 1.70. The number of rotatable bonds is 7. The molecule has 1 aliphatic rings. The largest absolute Gasteiger partial charge is 0.497 e. The second kappa shape index (κ2) is 10.1. The van der Waals surface area contributed by atoms with Crippen LogP contribution in [-0.4, -0.2) is 44.2 Å². The third-order valence-corrected chi connectivity index (χ3v) is 7.10. The Labute approximate surface area is 213 Å². The maximum Gasteiger partial charge on any atom is 0.257 e. The van der Waals surface area contributed by atoms with E-state index in [4.69, 9.17) is 21.5 Å². The van der Waals surface area contributed by atoms with Gasteiger partial charge in [-0.25, -0.2) is 18.5 Å². The molecule has 9 nitrogen and oxygen atoms in total. The summed E-state index contributed by atoms with van der Waals surface area (Å²) in [6.07, 6.45) is -0.254. The Bertz CT molecular complexity index is 1440. The third kappa shape index (κ3) is 5.11. The van der Waals surface area contributed by atoms with Gasteiger partial charge >= 0.3 is 0 Å². The van der Waals surface area contributed by atoms with E-state index < -0.39 is 33.8 Å². The van der Waals surface area contributed by atoms with Crippen LogP contribution in [-0.2, 0) is 26.2 Å². The van der Waals surface area contributed by atoms with E-state index in [1.165, 1.54) is 36.3 Å². The average molecular weight is 528 g/mol. The number of halogens is 1. The van der Waals surface area contributed by atoms with Crippen LogP contribution in [0.3, 0.4) is 0 Å². The van der Waals surface area contributed by atoms with Crippen molar-refractivity contribution in [3.05, 3.63) is 88.9 Å². The second-order valence-electron chi connectivity index (χ2n) is 8.08. The first-order valence-electron chi connectivity index (χ1n) is 10.8. The normalized spacial score (nSPS) is 15.8. The molecule has 2 N–H and O–H groups in total. The van der Waals surface area contributed by atoms with Gasteiger partial charge in [-0.15, -0.1) is 0 Å². The molecule has 4 rings (SSSR count). The van der Waals surface area contributed by atoms with Crippen molar-refractivity contribution in [3.8, 4) is 5.75 Å². The molecule has 1 fully saturated rings. The SMILES string of the molecule is COc1cccc(C(=O)N(Cc2ccccc2Cl)C2CC(=O)N(c3ccc(S(N)(=O)=O)cc3)C2=O)c1. The molecule has 0 radical (unpaired) electrons. The van der Waals surface area contributed by atoms with Gasteiger partial charge in [0, 0.05) is 17.1 Å². The van der Waals surface area contributed by atoms with Crippen LogP contribution in [0.2, 0.25) is 5.02 Å². The molecular formula is C25H22ClN3O6S. The van der Waals surface area contributed by atoms with Crippen molar-refractivity contribution in [1.82, 2.24) is 4.90 Å². The molecule has 3 aromatic carbocycles.